The molecule has 0 saturated carbocycles. The molecule has 1 amide bonds. The Bertz CT molecular complexity index is 1130. The molecule has 152 valence electrons. The highest BCUT2D eigenvalue weighted by Gasteiger charge is 2.28. The number of nitrogens with zero attached hydrogens (tertiary/aromatic N) is 2. The van der Waals surface area contributed by atoms with E-state index >= 15 is 0 Å². The van der Waals surface area contributed by atoms with Crippen LogP contribution in [0.2, 0.25) is 0 Å². The van der Waals surface area contributed by atoms with E-state index in [2.05, 4.69) is 26.3 Å². The molecular formula is C20H18BrF2N3O3. The van der Waals surface area contributed by atoms with E-state index in [1.165, 1.54) is 13.2 Å². The van der Waals surface area contributed by atoms with Crippen molar-refractivity contribution in [2.45, 2.75) is 19.5 Å². The van der Waals surface area contributed by atoms with Crippen molar-refractivity contribution >= 4 is 32.7 Å². The number of amides is 1. The smallest absolute Gasteiger partial charge is 0.387 e. The summed E-state index contributed by atoms with van der Waals surface area (Å²) in [7, 11) is 3.23. The summed E-state index contributed by atoms with van der Waals surface area (Å²) in [5, 5.41) is 7.78. The fourth-order valence-electron chi connectivity index (χ4n) is 3.79. The first kappa shape index (κ1) is 19.6. The predicted molar refractivity (Wildman–Crippen MR) is 108 cm³/mol. The van der Waals surface area contributed by atoms with Crippen LogP contribution >= 0.6 is 15.9 Å². The van der Waals surface area contributed by atoms with Crippen LogP contribution in [0.4, 0.5) is 8.78 Å². The Morgan fingerprint density at radius 2 is 2.03 bits per heavy atom. The van der Waals surface area contributed by atoms with Crippen molar-refractivity contribution in [3.05, 3.63) is 39.9 Å². The van der Waals surface area contributed by atoms with Gasteiger partial charge in [0, 0.05) is 23.6 Å². The monoisotopic (exact) mass is 465 g/mol. The lowest BCUT2D eigenvalue weighted by molar-refractivity contribution is -0.0488. The van der Waals surface area contributed by atoms with E-state index in [0.717, 1.165) is 5.56 Å². The molecule has 3 aromatic rings. The minimum atomic E-state index is -2.97. The van der Waals surface area contributed by atoms with Crippen molar-refractivity contribution in [3.63, 3.8) is 0 Å². The van der Waals surface area contributed by atoms with Crippen molar-refractivity contribution in [1.82, 2.24) is 15.1 Å². The minimum absolute atomic E-state index is 0.0231. The Labute approximate surface area is 173 Å². The summed E-state index contributed by atoms with van der Waals surface area (Å²) < 4.78 is 38.5. The Balaban J connectivity index is 2.01. The van der Waals surface area contributed by atoms with E-state index in [1.807, 2.05) is 13.0 Å². The number of hydrogen-bond donors (Lipinski definition) is 1. The van der Waals surface area contributed by atoms with Gasteiger partial charge in [0.25, 0.3) is 5.91 Å². The van der Waals surface area contributed by atoms with Crippen LogP contribution in [0.3, 0.4) is 0 Å². The van der Waals surface area contributed by atoms with Gasteiger partial charge in [0.1, 0.15) is 11.5 Å². The van der Waals surface area contributed by atoms with E-state index in [0.29, 0.717) is 44.5 Å². The first-order chi connectivity index (χ1) is 13.8. The molecule has 0 spiro atoms. The van der Waals surface area contributed by atoms with E-state index in [1.54, 1.807) is 23.9 Å². The lowest BCUT2D eigenvalue weighted by atomic mass is 9.88. The van der Waals surface area contributed by atoms with Gasteiger partial charge in [-0.15, -0.1) is 0 Å². The van der Waals surface area contributed by atoms with Gasteiger partial charge in [-0.05, 0) is 35.7 Å². The number of carbonyl (C=O) groups is 1. The number of halogens is 3. The van der Waals surface area contributed by atoms with Crippen molar-refractivity contribution in [2.75, 3.05) is 13.7 Å². The number of hydrogen-bond acceptors (Lipinski definition) is 4. The number of alkyl halides is 2. The van der Waals surface area contributed by atoms with Crippen molar-refractivity contribution in [2.24, 2.45) is 7.05 Å². The number of aryl methyl sites for hydroxylation is 1. The molecule has 4 rings (SSSR count). The van der Waals surface area contributed by atoms with E-state index in [-0.39, 0.29) is 17.6 Å². The largest absolute Gasteiger partial charge is 0.496 e. The second kappa shape index (κ2) is 7.29. The summed E-state index contributed by atoms with van der Waals surface area (Å²) in [6.07, 6.45) is 0. The number of fused-ring (bicyclic) bond motifs is 2. The molecule has 29 heavy (non-hydrogen) atoms. The lowest BCUT2D eigenvalue weighted by Gasteiger charge is -2.25. The van der Waals surface area contributed by atoms with Gasteiger partial charge in [-0.1, -0.05) is 22.9 Å². The van der Waals surface area contributed by atoms with Gasteiger partial charge in [-0.3, -0.25) is 9.48 Å². The third kappa shape index (κ3) is 3.33. The molecule has 2 aromatic carbocycles. The first-order valence-electron chi connectivity index (χ1n) is 8.91. The van der Waals surface area contributed by atoms with Crippen LogP contribution in [-0.4, -0.2) is 36.0 Å². The van der Waals surface area contributed by atoms with Crippen LogP contribution < -0.4 is 14.8 Å². The molecule has 1 aliphatic heterocycles. The zero-order valence-corrected chi connectivity index (χ0v) is 17.5. The number of methoxy groups -OCH3 is 1. The maximum atomic E-state index is 13.0. The predicted octanol–water partition coefficient (Wildman–Crippen LogP) is 4.46. The number of nitrogens with one attached hydrogen (secondary N) is 1. The van der Waals surface area contributed by atoms with Crippen LogP contribution in [0.5, 0.6) is 11.5 Å². The third-order valence-electron chi connectivity index (χ3n) is 5.03. The summed E-state index contributed by atoms with van der Waals surface area (Å²) >= 11 is 3.31. The molecule has 1 aromatic heterocycles. The Kier molecular flexibility index (Phi) is 4.94. The summed E-state index contributed by atoms with van der Waals surface area (Å²) in [5.41, 5.74) is 3.14. The SMILES string of the molecule is COc1cc(-c2c3c(OC(F)F)cc(Br)cc3nn2C)cc2c1C(=O)NC[C@@H]2C. The van der Waals surface area contributed by atoms with E-state index < -0.39 is 6.61 Å². The molecule has 0 aliphatic carbocycles. The quantitative estimate of drug-likeness (QED) is 0.617. The van der Waals surface area contributed by atoms with Crippen LogP contribution in [0, 0.1) is 0 Å². The van der Waals surface area contributed by atoms with Gasteiger partial charge in [-0.25, -0.2) is 0 Å². The number of rotatable bonds is 4. The molecule has 1 N–H and O–H groups in total. The Morgan fingerprint density at radius 1 is 1.28 bits per heavy atom. The van der Waals surface area contributed by atoms with E-state index in [4.69, 9.17) is 9.47 Å². The summed E-state index contributed by atoms with van der Waals surface area (Å²) in [6.45, 7) is -0.454. The van der Waals surface area contributed by atoms with E-state index in [9.17, 15) is 13.6 Å². The van der Waals surface area contributed by atoms with Crippen molar-refractivity contribution in [3.8, 4) is 22.8 Å². The highest BCUT2D eigenvalue weighted by Crippen LogP contribution is 2.41. The van der Waals surface area contributed by atoms with Crippen molar-refractivity contribution in [1.29, 1.82) is 0 Å². The van der Waals surface area contributed by atoms with Gasteiger partial charge in [0.2, 0.25) is 0 Å². The zero-order chi connectivity index (χ0) is 20.9. The second-order valence-corrected chi connectivity index (χ2v) is 7.82. The molecule has 2 heterocycles. The molecule has 0 radical (unpaired) electrons. The summed E-state index contributed by atoms with van der Waals surface area (Å²) in [5.74, 6) is 0.322. The molecule has 9 heteroatoms. The van der Waals surface area contributed by atoms with Gasteiger partial charge in [0.15, 0.2) is 0 Å². The number of ether oxygens (including phenoxy) is 2. The molecule has 0 bridgehead atoms. The number of aromatic nitrogens is 2. The Morgan fingerprint density at radius 3 is 2.72 bits per heavy atom. The van der Waals surface area contributed by atoms with Crippen LogP contribution in [-0.2, 0) is 7.05 Å². The molecule has 0 unspecified atom stereocenters. The van der Waals surface area contributed by atoms with Crippen molar-refractivity contribution < 1.29 is 23.0 Å². The number of benzene rings is 2. The second-order valence-electron chi connectivity index (χ2n) is 6.90. The first-order valence-corrected chi connectivity index (χ1v) is 9.71. The summed E-state index contributed by atoms with van der Waals surface area (Å²) in [6, 6.07) is 6.85. The highest BCUT2D eigenvalue weighted by atomic mass is 79.9. The molecule has 1 atom stereocenters. The highest BCUT2D eigenvalue weighted by molar-refractivity contribution is 9.10. The molecule has 1 aliphatic rings. The van der Waals surface area contributed by atoms with Gasteiger partial charge in [0.05, 0.1) is 29.3 Å². The maximum absolute atomic E-state index is 13.0. The average molecular weight is 466 g/mol. The fourth-order valence-corrected chi connectivity index (χ4v) is 4.21. The summed E-state index contributed by atoms with van der Waals surface area (Å²) in [4.78, 5) is 12.4. The lowest BCUT2D eigenvalue weighted by Crippen LogP contribution is -2.34. The maximum Gasteiger partial charge on any atom is 0.387 e. The fraction of sp³-hybridized carbons (Fsp3) is 0.300. The molecule has 0 fully saturated rings. The average Bonchev–Trinajstić information content (AvgIpc) is 2.99. The number of carbonyl (C=O) groups excluding carboxylic acids is 1. The normalized spacial score (nSPS) is 16.1. The minimum Gasteiger partial charge on any atom is -0.496 e. The molecular weight excluding hydrogens is 448 g/mol. The van der Waals surface area contributed by atoms with Crippen LogP contribution in [0.1, 0.15) is 28.8 Å². The Hall–Kier alpha value is -2.68. The standard InChI is InChI=1S/C20H18BrF2N3O3/c1-9-8-24-19(27)16-12(9)4-10(5-14(16)28-3)18-17-13(25-26(18)2)6-11(21)7-15(17)29-20(22)23/h4-7,9,20H,8H2,1-3H3,(H,24,27)/t9-/m0/s1. The van der Waals surface area contributed by atoms with Gasteiger partial charge < -0.3 is 14.8 Å². The van der Waals surface area contributed by atoms with Crippen LogP contribution in [0.15, 0.2) is 28.7 Å². The molecule has 0 saturated heterocycles. The third-order valence-corrected chi connectivity index (χ3v) is 5.49. The van der Waals surface area contributed by atoms with Crippen LogP contribution in [0.25, 0.3) is 22.2 Å². The zero-order valence-electron chi connectivity index (χ0n) is 15.9. The molecule has 6 nitrogen and oxygen atoms in total. The van der Waals surface area contributed by atoms with Gasteiger partial charge in [-0.2, -0.15) is 13.9 Å². The topological polar surface area (TPSA) is 65.4 Å². The van der Waals surface area contributed by atoms with Gasteiger partial charge >= 0.3 is 6.61 Å².